The Kier molecular flexibility index (Phi) is 6.18. The maximum Gasteiger partial charge on any atom is 0.123 e. The number of likely N-dealkylation sites (tertiary alicyclic amines) is 1. The molecule has 0 spiro atoms. The van der Waals surface area contributed by atoms with E-state index in [1.165, 1.54) is 32.5 Å². The molecule has 4 heteroatoms. The lowest BCUT2D eigenvalue weighted by Crippen LogP contribution is -2.35. The Hall–Kier alpha value is -1.42. The lowest BCUT2D eigenvalue weighted by molar-refractivity contribution is 0.198. The van der Waals surface area contributed by atoms with Gasteiger partial charge in [-0.2, -0.15) is 0 Å². The SMILES string of the molecule is CCCOc1cc(N)cc(NCC2CCN(CC)CC2)c1. The maximum absolute atomic E-state index is 5.95. The first kappa shape index (κ1) is 16.0. The van der Waals surface area contributed by atoms with Crippen LogP contribution in [-0.2, 0) is 0 Å². The standard InChI is InChI=1S/C17H29N3O/c1-3-9-21-17-11-15(18)10-16(12-17)19-13-14-5-7-20(4-2)8-6-14/h10-12,14,19H,3-9,13,18H2,1-2H3. The second-order valence-electron chi connectivity index (χ2n) is 5.90. The van der Waals surface area contributed by atoms with Gasteiger partial charge in [0.1, 0.15) is 5.75 Å². The number of nitrogens with one attached hydrogen (secondary N) is 1. The molecule has 1 aliphatic heterocycles. The molecule has 2 rings (SSSR count). The largest absolute Gasteiger partial charge is 0.493 e. The van der Waals surface area contributed by atoms with Gasteiger partial charge >= 0.3 is 0 Å². The van der Waals surface area contributed by atoms with Gasteiger partial charge in [0.05, 0.1) is 6.61 Å². The fraction of sp³-hybridized carbons (Fsp3) is 0.647. The van der Waals surface area contributed by atoms with E-state index in [4.69, 9.17) is 10.5 Å². The fourth-order valence-corrected chi connectivity index (χ4v) is 2.80. The van der Waals surface area contributed by atoms with Gasteiger partial charge in [0.15, 0.2) is 0 Å². The van der Waals surface area contributed by atoms with Crippen LogP contribution in [0.3, 0.4) is 0 Å². The van der Waals surface area contributed by atoms with E-state index in [2.05, 4.69) is 24.1 Å². The molecule has 0 aromatic heterocycles. The number of nitrogen functional groups attached to an aromatic ring is 1. The van der Waals surface area contributed by atoms with E-state index >= 15 is 0 Å². The van der Waals surface area contributed by atoms with Gasteiger partial charge in [-0.05, 0) is 50.9 Å². The van der Waals surface area contributed by atoms with E-state index in [0.717, 1.165) is 42.6 Å². The molecule has 0 saturated carbocycles. The Morgan fingerprint density at radius 1 is 1.24 bits per heavy atom. The van der Waals surface area contributed by atoms with Crippen molar-refractivity contribution in [3.63, 3.8) is 0 Å². The zero-order valence-electron chi connectivity index (χ0n) is 13.4. The van der Waals surface area contributed by atoms with Gasteiger partial charge < -0.3 is 20.7 Å². The Balaban J connectivity index is 1.84. The van der Waals surface area contributed by atoms with Crippen LogP contribution >= 0.6 is 0 Å². The average molecular weight is 291 g/mol. The van der Waals surface area contributed by atoms with Crippen LogP contribution in [0.15, 0.2) is 18.2 Å². The number of nitrogens with zero attached hydrogens (tertiary/aromatic N) is 1. The van der Waals surface area contributed by atoms with E-state index in [1.807, 2.05) is 18.2 Å². The van der Waals surface area contributed by atoms with Crippen molar-refractivity contribution in [1.29, 1.82) is 0 Å². The van der Waals surface area contributed by atoms with Gasteiger partial charge in [0.25, 0.3) is 0 Å². The molecule has 1 saturated heterocycles. The molecule has 4 nitrogen and oxygen atoms in total. The molecule has 0 radical (unpaired) electrons. The number of rotatable bonds is 7. The first-order valence-electron chi connectivity index (χ1n) is 8.20. The summed E-state index contributed by atoms with van der Waals surface area (Å²) < 4.78 is 5.67. The van der Waals surface area contributed by atoms with Gasteiger partial charge in [-0.25, -0.2) is 0 Å². The van der Waals surface area contributed by atoms with Crippen LogP contribution in [0.25, 0.3) is 0 Å². The van der Waals surface area contributed by atoms with E-state index in [9.17, 15) is 0 Å². The van der Waals surface area contributed by atoms with E-state index in [0.29, 0.717) is 0 Å². The highest BCUT2D eigenvalue weighted by Gasteiger charge is 2.17. The molecule has 3 N–H and O–H groups in total. The number of hydrogen-bond acceptors (Lipinski definition) is 4. The lowest BCUT2D eigenvalue weighted by Gasteiger charge is -2.31. The molecule has 21 heavy (non-hydrogen) atoms. The quantitative estimate of drug-likeness (QED) is 0.758. The minimum atomic E-state index is 0.734. The number of piperidine rings is 1. The zero-order chi connectivity index (χ0) is 15.1. The predicted octanol–water partition coefficient (Wildman–Crippen LogP) is 3.20. The Bertz CT molecular complexity index is 428. The first-order valence-corrected chi connectivity index (χ1v) is 8.20. The van der Waals surface area contributed by atoms with Gasteiger partial charge in [-0.15, -0.1) is 0 Å². The molecule has 0 amide bonds. The number of hydrogen-bond donors (Lipinski definition) is 2. The summed E-state index contributed by atoms with van der Waals surface area (Å²) in [5, 5.41) is 3.53. The predicted molar refractivity (Wildman–Crippen MR) is 90.0 cm³/mol. The third-order valence-electron chi connectivity index (χ3n) is 4.15. The van der Waals surface area contributed by atoms with E-state index in [1.54, 1.807) is 0 Å². The van der Waals surface area contributed by atoms with Gasteiger partial charge in [0.2, 0.25) is 0 Å². The Morgan fingerprint density at radius 2 is 2.00 bits per heavy atom. The van der Waals surface area contributed by atoms with Crippen molar-refractivity contribution in [2.24, 2.45) is 5.92 Å². The zero-order valence-corrected chi connectivity index (χ0v) is 13.4. The molecule has 0 unspecified atom stereocenters. The van der Waals surface area contributed by atoms with Crippen molar-refractivity contribution in [3.8, 4) is 5.75 Å². The second-order valence-corrected chi connectivity index (χ2v) is 5.90. The summed E-state index contributed by atoms with van der Waals surface area (Å²) in [6.45, 7) is 9.73. The molecule has 0 atom stereocenters. The summed E-state index contributed by atoms with van der Waals surface area (Å²) in [5.74, 6) is 1.62. The van der Waals surface area contributed by atoms with Crippen LogP contribution in [0.5, 0.6) is 5.75 Å². The fourth-order valence-electron chi connectivity index (χ4n) is 2.80. The molecule has 118 valence electrons. The number of anilines is 2. The van der Waals surface area contributed by atoms with Crippen molar-refractivity contribution >= 4 is 11.4 Å². The lowest BCUT2D eigenvalue weighted by atomic mass is 9.97. The Morgan fingerprint density at radius 3 is 2.67 bits per heavy atom. The summed E-state index contributed by atoms with van der Waals surface area (Å²) in [6.07, 6.45) is 3.57. The molecular weight excluding hydrogens is 262 g/mol. The number of nitrogens with two attached hydrogens (primary N) is 1. The second kappa shape index (κ2) is 8.13. The van der Waals surface area contributed by atoms with E-state index < -0.39 is 0 Å². The van der Waals surface area contributed by atoms with Crippen LogP contribution in [-0.4, -0.2) is 37.7 Å². The smallest absolute Gasteiger partial charge is 0.123 e. The summed E-state index contributed by atoms with van der Waals surface area (Å²) in [4.78, 5) is 2.52. The third-order valence-corrected chi connectivity index (χ3v) is 4.15. The molecule has 1 aromatic rings. The summed E-state index contributed by atoms with van der Waals surface area (Å²) in [6, 6.07) is 5.92. The monoisotopic (exact) mass is 291 g/mol. The minimum absolute atomic E-state index is 0.734. The van der Waals surface area contributed by atoms with Crippen LogP contribution in [0, 0.1) is 5.92 Å². The molecule has 0 aliphatic carbocycles. The molecule has 1 aliphatic rings. The highest BCUT2D eigenvalue weighted by Crippen LogP contribution is 2.24. The van der Waals surface area contributed by atoms with Crippen molar-refractivity contribution in [2.75, 3.05) is 43.8 Å². The molecule has 1 fully saturated rings. The van der Waals surface area contributed by atoms with Gasteiger partial charge in [-0.3, -0.25) is 0 Å². The Labute approximate surface area is 128 Å². The van der Waals surface area contributed by atoms with Crippen LogP contribution in [0.1, 0.15) is 33.1 Å². The third kappa shape index (κ3) is 5.12. The normalized spacial score (nSPS) is 16.9. The van der Waals surface area contributed by atoms with Crippen LogP contribution in [0.2, 0.25) is 0 Å². The molecular formula is C17H29N3O. The van der Waals surface area contributed by atoms with Gasteiger partial charge in [0, 0.05) is 30.1 Å². The summed E-state index contributed by atoms with van der Waals surface area (Å²) in [5.41, 5.74) is 7.77. The summed E-state index contributed by atoms with van der Waals surface area (Å²) >= 11 is 0. The first-order chi connectivity index (χ1) is 10.2. The van der Waals surface area contributed by atoms with Crippen molar-refractivity contribution in [1.82, 2.24) is 4.90 Å². The van der Waals surface area contributed by atoms with Gasteiger partial charge in [-0.1, -0.05) is 13.8 Å². The van der Waals surface area contributed by atoms with Crippen molar-refractivity contribution < 1.29 is 4.74 Å². The van der Waals surface area contributed by atoms with Crippen LogP contribution < -0.4 is 15.8 Å². The summed E-state index contributed by atoms with van der Waals surface area (Å²) in [7, 11) is 0. The van der Waals surface area contributed by atoms with Crippen molar-refractivity contribution in [2.45, 2.75) is 33.1 Å². The maximum atomic E-state index is 5.95. The minimum Gasteiger partial charge on any atom is -0.493 e. The highest BCUT2D eigenvalue weighted by atomic mass is 16.5. The molecule has 1 aromatic carbocycles. The van der Waals surface area contributed by atoms with Crippen molar-refractivity contribution in [3.05, 3.63) is 18.2 Å². The highest BCUT2D eigenvalue weighted by molar-refractivity contribution is 5.59. The molecule has 1 heterocycles. The number of benzene rings is 1. The molecule has 0 bridgehead atoms. The average Bonchev–Trinajstić information content (AvgIpc) is 2.51. The number of ether oxygens (including phenoxy) is 1. The van der Waals surface area contributed by atoms with Crippen LogP contribution in [0.4, 0.5) is 11.4 Å². The topological polar surface area (TPSA) is 50.5 Å². The van der Waals surface area contributed by atoms with E-state index in [-0.39, 0.29) is 0 Å².